The van der Waals surface area contributed by atoms with Crippen molar-refractivity contribution in [1.29, 1.82) is 0 Å². The summed E-state index contributed by atoms with van der Waals surface area (Å²) in [7, 11) is 0. The number of barbiturate groups is 1. The van der Waals surface area contributed by atoms with Crippen molar-refractivity contribution in [2.45, 2.75) is 32.2 Å². The Morgan fingerprint density at radius 1 is 1.24 bits per heavy atom. The molecule has 1 aliphatic carbocycles. The number of nitrogens with zero attached hydrogens (tertiary/aromatic N) is 2. The number of aromatic nitrogens is 1. The molecular weight excluding hydrogens is 270 g/mol. The third-order valence-electron chi connectivity index (χ3n) is 4.22. The standard InChI is InChI=1S/C15H17N3O3/c19-13-12(11-5-1-2-6-11)14(20)18(15(21)17-13)9-10-4-3-7-16-8-10/h3-4,7-8,11-12H,1-2,5-6,9H2,(H,17,19,21). The molecule has 1 atom stereocenters. The van der Waals surface area contributed by atoms with Gasteiger partial charge in [-0.2, -0.15) is 0 Å². The number of hydrogen-bond donors (Lipinski definition) is 1. The van der Waals surface area contributed by atoms with Gasteiger partial charge in [-0.15, -0.1) is 0 Å². The van der Waals surface area contributed by atoms with Crippen molar-refractivity contribution < 1.29 is 14.4 Å². The smallest absolute Gasteiger partial charge is 0.277 e. The summed E-state index contributed by atoms with van der Waals surface area (Å²) in [6.07, 6.45) is 7.07. The van der Waals surface area contributed by atoms with E-state index in [1.165, 1.54) is 0 Å². The van der Waals surface area contributed by atoms with E-state index >= 15 is 0 Å². The number of rotatable bonds is 3. The number of carbonyl (C=O) groups excluding carboxylic acids is 3. The number of pyridine rings is 1. The second-order valence-electron chi connectivity index (χ2n) is 5.60. The normalized spacial score (nSPS) is 23.5. The fourth-order valence-corrected chi connectivity index (χ4v) is 3.16. The molecule has 2 aliphatic rings. The molecule has 21 heavy (non-hydrogen) atoms. The van der Waals surface area contributed by atoms with E-state index < -0.39 is 17.9 Å². The van der Waals surface area contributed by atoms with Crippen LogP contribution in [0, 0.1) is 11.8 Å². The Bertz CT molecular complexity index is 567. The van der Waals surface area contributed by atoms with Crippen molar-refractivity contribution in [1.82, 2.24) is 15.2 Å². The minimum Gasteiger partial charge on any atom is -0.277 e. The lowest BCUT2D eigenvalue weighted by atomic mass is 9.87. The number of carbonyl (C=O) groups is 3. The van der Waals surface area contributed by atoms with Crippen molar-refractivity contribution in [3.05, 3.63) is 30.1 Å². The van der Waals surface area contributed by atoms with Crippen LogP contribution < -0.4 is 5.32 Å². The van der Waals surface area contributed by atoms with Crippen molar-refractivity contribution >= 4 is 17.8 Å². The molecule has 6 nitrogen and oxygen atoms in total. The molecule has 2 fully saturated rings. The Hall–Kier alpha value is -2.24. The molecule has 6 heteroatoms. The number of urea groups is 1. The molecule has 1 aromatic rings. The summed E-state index contributed by atoms with van der Waals surface area (Å²) in [5.41, 5.74) is 0.764. The lowest BCUT2D eigenvalue weighted by Crippen LogP contribution is -2.59. The quantitative estimate of drug-likeness (QED) is 0.854. The third-order valence-corrected chi connectivity index (χ3v) is 4.22. The van der Waals surface area contributed by atoms with Gasteiger partial charge in [-0.25, -0.2) is 4.79 Å². The van der Waals surface area contributed by atoms with Gasteiger partial charge in [0.05, 0.1) is 6.54 Å². The summed E-state index contributed by atoms with van der Waals surface area (Å²) in [6.45, 7) is 0.148. The molecule has 4 amide bonds. The molecule has 1 unspecified atom stereocenters. The van der Waals surface area contributed by atoms with Crippen LogP contribution in [0.1, 0.15) is 31.2 Å². The summed E-state index contributed by atoms with van der Waals surface area (Å²) in [5.74, 6) is -1.48. The molecule has 2 heterocycles. The van der Waals surface area contributed by atoms with Gasteiger partial charge >= 0.3 is 6.03 Å². The number of nitrogens with one attached hydrogen (secondary N) is 1. The highest BCUT2D eigenvalue weighted by Gasteiger charge is 2.45. The maximum Gasteiger partial charge on any atom is 0.331 e. The van der Waals surface area contributed by atoms with Crippen LogP contribution in [-0.4, -0.2) is 27.7 Å². The predicted molar refractivity (Wildman–Crippen MR) is 73.8 cm³/mol. The zero-order valence-corrected chi connectivity index (χ0v) is 11.6. The van der Waals surface area contributed by atoms with E-state index in [0.29, 0.717) is 0 Å². The van der Waals surface area contributed by atoms with Gasteiger partial charge in [0.1, 0.15) is 5.92 Å². The van der Waals surface area contributed by atoms with Gasteiger partial charge in [0.15, 0.2) is 0 Å². The molecule has 1 aromatic heterocycles. The SMILES string of the molecule is O=C1NC(=O)N(Cc2cccnc2)C(=O)C1C1CCCC1. The van der Waals surface area contributed by atoms with E-state index in [4.69, 9.17) is 0 Å². The van der Waals surface area contributed by atoms with Gasteiger partial charge < -0.3 is 0 Å². The first-order chi connectivity index (χ1) is 10.2. The lowest BCUT2D eigenvalue weighted by molar-refractivity contribution is -0.145. The van der Waals surface area contributed by atoms with Gasteiger partial charge in [-0.1, -0.05) is 18.9 Å². The van der Waals surface area contributed by atoms with Crippen LogP contribution in [0.25, 0.3) is 0 Å². The first-order valence-corrected chi connectivity index (χ1v) is 7.22. The summed E-state index contributed by atoms with van der Waals surface area (Å²) in [5, 5.41) is 2.31. The second kappa shape index (κ2) is 5.63. The van der Waals surface area contributed by atoms with Gasteiger partial charge in [0.25, 0.3) is 0 Å². The van der Waals surface area contributed by atoms with Crippen LogP contribution in [0.5, 0.6) is 0 Å². The van der Waals surface area contributed by atoms with Crippen LogP contribution in [0.4, 0.5) is 4.79 Å². The van der Waals surface area contributed by atoms with Crippen molar-refractivity contribution in [2.24, 2.45) is 11.8 Å². The van der Waals surface area contributed by atoms with E-state index in [9.17, 15) is 14.4 Å². The zero-order valence-electron chi connectivity index (χ0n) is 11.6. The summed E-state index contributed by atoms with van der Waals surface area (Å²) < 4.78 is 0. The molecule has 0 bridgehead atoms. The highest BCUT2D eigenvalue weighted by molar-refractivity contribution is 6.16. The van der Waals surface area contributed by atoms with E-state index in [1.54, 1.807) is 24.5 Å². The summed E-state index contributed by atoms with van der Waals surface area (Å²) >= 11 is 0. The van der Waals surface area contributed by atoms with Crippen molar-refractivity contribution in [3.8, 4) is 0 Å². The van der Waals surface area contributed by atoms with E-state index in [1.807, 2.05) is 0 Å². The summed E-state index contributed by atoms with van der Waals surface area (Å²) in [6, 6.07) is 2.92. The number of amides is 4. The predicted octanol–water partition coefficient (Wildman–Crippen LogP) is 1.47. The molecule has 1 saturated heterocycles. The second-order valence-corrected chi connectivity index (χ2v) is 5.60. The Morgan fingerprint density at radius 3 is 2.67 bits per heavy atom. The average molecular weight is 287 g/mol. The fourth-order valence-electron chi connectivity index (χ4n) is 3.16. The zero-order chi connectivity index (χ0) is 14.8. The monoisotopic (exact) mass is 287 g/mol. The largest absolute Gasteiger partial charge is 0.331 e. The molecule has 0 aromatic carbocycles. The van der Waals surface area contributed by atoms with E-state index in [2.05, 4.69) is 10.3 Å². The molecule has 3 rings (SSSR count). The van der Waals surface area contributed by atoms with Crippen LogP contribution in [-0.2, 0) is 16.1 Å². The topological polar surface area (TPSA) is 79.4 Å². The van der Waals surface area contributed by atoms with E-state index in [-0.39, 0.29) is 18.4 Å². The Kier molecular flexibility index (Phi) is 3.68. The van der Waals surface area contributed by atoms with Gasteiger partial charge in [-0.05, 0) is 30.4 Å². The van der Waals surface area contributed by atoms with Gasteiger partial charge in [0, 0.05) is 12.4 Å². The minimum absolute atomic E-state index is 0.0574. The number of hydrogen-bond acceptors (Lipinski definition) is 4. The Morgan fingerprint density at radius 2 is 2.00 bits per heavy atom. The molecule has 1 aliphatic heterocycles. The maximum atomic E-state index is 12.6. The summed E-state index contributed by atoms with van der Waals surface area (Å²) in [4.78, 5) is 41.6. The Labute approximate surface area is 122 Å². The molecule has 110 valence electrons. The molecule has 1 N–H and O–H groups in total. The fraction of sp³-hybridized carbons (Fsp3) is 0.467. The lowest BCUT2D eigenvalue weighted by Gasteiger charge is -2.32. The third kappa shape index (κ3) is 2.66. The average Bonchev–Trinajstić information content (AvgIpc) is 2.98. The maximum absolute atomic E-state index is 12.6. The first-order valence-electron chi connectivity index (χ1n) is 7.22. The van der Waals surface area contributed by atoms with Crippen LogP contribution in [0.2, 0.25) is 0 Å². The van der Waals surface area contributed by atoms with Gasteiger partial charge in [-0.3, -0.25) is 24.8 Å². The molecule has 0 radical (unpaired) electrons. The van der Waals surface area contributed by atoms with Gasteiger partial charge in [0.2, 0.25) is 11.8 Å². The number of imide groups is 2. The van der Waals surface area contributed by atoms with E-state index in [0.717, 1.165) is 36.1 Å². The molecule has 0 spiro atoms. The minimum atomic E-state index is -0.720. The van der Waals surface area contributed by atoms with Crippen molar-refractivity contribution in [3.63, 3.8) is 0 Å². The van der Waals surface area contributed by atoms with Crippen LogP contribution in [0.3, 0.4) is 0 Å². The molecule has 1 saturated carbocycles. The highest BCUT2D eigenvalue weighted by atomic mass is 16.2. The Balaban J connectivity index is 1.80. The molecular formula is C15H17N3O3. The first kappa shape index (κ1) is 13.7. The highest BCUT2D eigenvalue weighted by Crippen LogP contribution is 2.34. The van der Waals surface area contributed by atoms with Crippen molar-refractivity contribution in [2.75, 3.05) is 0 Å². The van der Waals surface area contributed by atoms with Crippen LogP contribution in [0.15, 0.2) is 24.5 Å². The van der Waals surface area contributed by atoms with Crippen LogP contribution >= 0.6 is 0 Å².